The summed E-state index contributed by atoms with van der Waals surface area (Å²) in [5, 5.41) is 0. The summed E-state index contributed by atoms with van der Waals surface area (Å²) in [6.07, 6.45) is -4.43. The number of carbonyl (C=O) groups is 1. The van der Waals surface area contributed by atoms with E-state index in [0.29, 0.717) is 0 Å². The lowest BCUT2D eigenvalue weighted by molar-refractivity contribution is -0.143. The van der Waals surface area contributed by atoms with Crippen molar-refractivity contribution in [2.45, 2.75) is 33.0 Å². The van der Waals surface area contributed by atoms with Crippen molar-refractivity contribution in [3.8, 4) is 0 Å². The van der Waals surface area contributed by atoms with Crippen molar-refractivity contribution in [1.29, 1.82) is 0 Å². The Labute approximate surface area is 110 Å². The highest BCUT2D eigenvalue weighted by molar-refractivity contribution is 5.99. The van der Waals surface area contributed by atoms with E-state index in [4.69, 9.17) is 5.73 Å². The number of amides is 1. The summed E-state index contributed by atoms with van der Waals surface area (Å²) in [7, 11) is 0. The quantitative estimate of drug-likeness (QED) is 0.861. The molecule has 0 bridgehead atoms. The number of halogens is 3. The SMILES string of the molecule is Cc1ccc(N)c(C(=O)N(CC(F)(F)F)C(C)C)c1. The normalized spacial score (nSPS) is 11.7. The van der Waals surface area contributed by atoms with Gasteiger partial charge in [0.15, 0.2) is 0 Å². The summed E-state index contributed by atoms with van der Waals surface area (Å²) in [5.74, 6) is -0.700. The van der Waals surface area contributed by atoms with E-state index in [1.807, 2.05) is 0 Å². The molecule has 0 saturated heterocycles. The summed E-state index contributed by atoms with van der Waals surface area (Å²) in [5.41, 5.74) is 6.73. The van der Waals surface area contributed by atoms with E-state index < -0.39 is 24.7 Å². The lowest BCUT2D eigenvalue weighted by Gasteiger charge is -2.28. The molecule has 0 heterocycles. The smallest absolute Gasteiger partial charge is 0.398 e. The fourth-order valence-corrected chi connectivity index (χ4v) is 1.69. The maximum absolute atomic E-state index is 12.5. The van der Waals surface area contributed by atoms with Crippen molar-refractivity contribution in [2.24, 2.45) is 0 Å². The van der Waals surface area contributed by atoms with Crippen LogP contribution in [-0.4, -0.2) is 29.6 Å². The number of benzene rings is 1. The van der Waals surface area contributed by atoms with Crippen LogP contribution >= 0.6 is 0 Å². The van der Waals surface area contributed by atoms with Crippen LogP contribution in [0.25, 0.3) is 0 Å². The number of hydrogen-bond donors (Lipinski definition) is 1. The minimum Gasteiger partial charge on any atom is -0.398 e. The van der Waals surface area contributed by atoms with Crippen molar-refractivity contribution in [2.75, 3.05) is 12.3 Å². The monoisotopic (exact) mass is 274 g/mol. The summed E-state index contributed by atoms with van der Waals surface area (Å²) in [6.45, 7) is 3.54. The molecule has 0 aliphatic heterocycles. The standard InChI is InChI=1S/C13H17F3N2O/c1-8(2)18(7-13(14,15)16)12(19)10-6-9(3)4-5-11(10)17/h4-6,8H,7,17H2,1-3H3. The topological polar surface area (TPSA) is 46.3 Å². The predicted octanol–water partition coefficient (Wildman–Crippen LogP) is 2.99. The Balaban J connectivity index is 3.09. The van der Waals surface area contributed by atoms with Gasteiger partial charge in [-0.25, -0.2) is 0 Å². The van der Waals surface area contributed by atoms with E-state index in [9.17, 15) is 18.0 Å². The van der Waals surface area contributed by atoms with Gasteiger partial charge in [0, 0.05) is 11.7 Å². The zero-order valence-electron chi connectivity index (χ0n) is 11.1. The lowest BCUT2D eigenvalue weighted by atomic mass is 10.1. The van der Waals surface area contributed by atoms with Crippen LogP contribution < -0.4 is 5.73 Å². The number of carbonyl (C=O) groups excluding carboxylic acids is 1. The third kappa shape index (κ3) is 4.15. The molecule has 1 amide bonds. The van der Waals surface area contributed by atoms with E-state index in [2.05, 4.69) is 0 Å². The van der Waals surface area contributed by atoms with Gasteiger partial charge in [-0.2, -0.15) is 13.2 Å². The van der Waals surface area contributed by atoms with Crippen LogP contribution in [0.3, 0.4) is 0 Å². The van der Waals surface area contributed by atoms with Gasteiger partial charge in [-0.05, 0) is 32.9 Å². The average molecular weight is 274 g/mol. The van der Waals surface area contributed by atoms with Gasteiger partial charge in [0.05, 0.1) is 5.56 Å². The number of anilines is 1. The molecule has 0 spiro atoms. The fourth-order valence-electron chi connectivity index (χ4n) is 1.69. The van der Waals surface area contributed by atoms with Crippen LogP contribution in [0, 0.1) is 6.92 Å². The molecule has 106 valence electrons. The molecule has 1 rings (SSSR count). The summed E-state index contributed by atoms with van der Waals surface area (Å²) in [6, 6.07) is 4.17. The highest BCUT2D eigenvalue weighted by Crippen LogP contribution is 2.22. The zero-order valence-corrected chi connectivity index (χ0v) is 11.1. The second-order valence-electron chi connectivity index (χ2n) is 4.73. The van der Waals surface area contributed by atoms with Crippen molar-refractivity contribution in [1.82, 2.24) is 4.90 Å². The number of aryl methyl sites for hydroxylation is 1. The molecule has 19 heavy (non-hydrogen) atoms. The zero-order chi connectivity index (χ0) is 14.8. The molecule has 0 aliphatic carbocycles. The predicted molar refractivity (Wildman–Crippen MR) is 67.8 cm³/mol. The van der Waals surface area contributed by atoms with E-state index in [0.717, 1.165) is 10.5 Å². The lowest BCUT2D eigenvalue weighted by Crippen LogP contribution is -2.43. The Morgan fingerprint density at radius 3 is 2.42 bits per heavy atom. The molecule has 3 nitrogen and oxygen atoms in total. The first-order chi connectivity index (χ1) is 8.61. The number of nitrogens with zero attached hydrogens (tertiary/aromatic N) is 1. The van der Waals surface area contributed by atoms with Crippen molar-refractivity contribution in [3.05, 3.63) is 29.3 Å². The minimum atomic E-state index is -4.43. The summed E-state index contributed by atoms with van der Waals surface area (Å²) < 4.78 is 37.5. The van der Waals surface area contributed by atoms with E-state index in [1.165, 1.54) is 26.0 Å². The van der Waals surface area contributed by atoms with E-state index >= 15 is 0 Å². The van der Waals surface area contributed by atoms with Gasteiger partial charge in [-0.15, -0.1) is 0 Å². The fraction of sp³-hybridized carbons (Fsp3) is 0.462. The molecule has 1 aromatic rings. The number of hydrogen-bond acceptors (Lipinski definition) is 2. The van der Waals surface area contributed by atoms with E-state index in [-0.39, 0.29) is 11.3 Å². The van der Waals surface area contributed by atoms with Crippen LogP contribution in [0.5, 0.6) is 0 Å². The van der Waals surface area contributed by atoms with Crippen LogP contribution in [0.2, 0.25) is 0 Å². The van der Waals surface area contributed by atoms with Crippen molar-refractivity contribution >= 4 is 11.6 Å². The summed E-state index contributed by atoms with van der Waals surface area (Å²) in [4.78, 5) is 13.0. The molecule has 6 heteroatoms. The van der Waals surface area contributed by atoms with E-state index in [1.54, 1.807) is 13.0 Å². The third-order valence-electron chi connectivity index (χ3n) is 2.67. The van der Waals surface area contributed by atoms with Crippen LogP contribution in [0.15, 0.2) is 18.2 Å². The average Bonchev–Trinajstić information content (AvgIpc) is 2.27. The first kappa shape index (κ1) is 15.3. The first-order valence-electron chi connectivity index (χ1n) is 5.85. The highest BCUT2D eigenvalue weighted by Gasteiger charge is 2.35. The number of rotatable bonds is 3. The number of nitrogens with two attached hydrogens (primary N) is 1. The molecule has 0 aromatic heterocycles. The van der Waals surface area contributed by atoms with Crippen LogP contribution in [0.1, 0.15) is 29.8 Å². The molecule has 0 atom stereocenters. The molecule has 0 fully saturated rings. The summed E-state index contributed by atoms with van der Waals surface area (Å²) >= 11 is 0. The molecule has 0 aliphatic rings. The Hall–Kier alpha value is -1.72. The third-order valence-corrected chi connectivity index (χ3v) is 2.67. The number of nitrogen functional groups attached to an aromatic ring is 1. The molecule has 0 unspecified atom stereocenters. The van der Waals surface area contributed by atoms with Crippen LogP contribution in [0.4, 0.5) is 18.9 Å². The van der Waals surface area contributed by atoms with Crippen molar-refractivity contribution < 1.29 is 18.0 Å². The highest BCUT2D eigenvalue weighted by atomic mass is 19.4. The largest absolute Gasteiger partial charge is 0.406 e. The van der Waals surface area contributed by atoms with Gasteiger partial charge in [0.2, 0.25) is 0 Å². The Kier molecular flexibility index (Phi) is 4.44. The van der Waals surface area contributed by atoms with Gasteiger partial charge in [-0.3, -0.25) is 4.79 Å². The first-order valence-corrected chi connectivity index (χ1v) is 5.85. The molecule has 0 radical (unpaired) electrons. The Morgan fingerprint density at radius 2 is 1.95 bits per heavy atom. The van der Waals surface area contributed by atoms with Gasteiger partial charge < -0.3 is 10.6 Å². The van der Waals surface area contributed by atoms with Gasteiger partial charge in [-0.1, -0.05) is 11.6 Å². The molecule has 1 aromatic carbocycles. The number of alkyl halides is 3. The Morgan fingerprint density at radius 1 is 1.37 bits per heavy atom. The van der Waals surface area contributed by atoms with Gasteiger partial charge >= 0.3 is 6.18 Å². The minimum absolute atomic E-state index is 0.109. The molecular formula is C13H17F3N2O. The van der Waals surface area contributed by atoms with Gasteiger partial charge in [0.25, 0.3) is 5.91 Å². The van der Waals surface area contributed by atoms with Crippen LogP contribution in [-0.2, 0) is 0 Å². The van der Waals surface area contributed by atoms with Crippen molar-refractivity contribution in [3.63, 3.8) is 0 Å². The maximum Gasteiger partial charge on any atom is 0.406 e. The van der Waals surface area contributed by atoms with Gasteiger partial charge in [0.1, 0.15) is 6.54 Å². The Bertz CT molecular complexity index is 469. The second-order valence-corrected chi connectivity index (χ2v) is 4.73. The molecular weight excluding hydrogens is 257 g/mol. The molecule has 0 saturated carbocycles. The maximum atomic E-state index is 12.5. The molecule has 2 N–H and O–H groups in total. The second kappa shape index (κ2) is 5.50.